The number of carbonyl (C=O) groups is 2. The lowest BCUT2D eigenvalue weighted by Crippen LogP contribution is -2.24. The van der Waals surface area contributed by atoms with Crippen molar-refractivity contribution >= 4 is 29.3 Å². The van der Waals surface area contributed by atoms with Crippen LogP contribution in [0.25, 0.3) is 0 Å². The normalized spacial score (nSPS) is 10.6. The number of pyridine rings is 1. The molecule has 3 rings (SSSR count). The van der Waals surface area contributed by atoms with Crippen molar-refractivity contribution in [3.05, 3.63) is 70.7 Å². The van der Waals surface area contributed by atoms with E-state index in [1.807, 2.05) is 20.8 Å². The number of hydrogen-bond donors (Lipinski definition) is 2. The molecule has 30 heavy (non-hydrogen) atoms. The van der Waals surface area contributed by atoms with Crippen LogP contribution in [-0.2, 0) is 5.75 Å². The van der Waals surface area contributed by atoms with Crippen molar-refractivity contribution in [1.82, 2.24) is 15.5 Å². The largest absolute Gasteiger partial charge is 0.361 e. The number of nitrogens with zero attached hydrogens (tertiary/aromatic N) is 2. The minimum atomic E-state index is -0.282. The molecular formula is C22H24N4O3S. The number of hydrogen-bond acceptors (Lipinski definition) is 6. The Labute approximate surface area is 179 Å². The van der Waals surface area contributed by atoms with Gasteiger partial charge in [0.1, 0.15) is 10.8 Å². The molecule has 2 amide bonds. The lowest BCUT2D eigenvalue weighted by atomic mass is 10.1. The number of amides is 2. The van der Waals surface area contributed by atoms with Crippen molar-refractivity contribution in [1.29, 1.82) is 0 Å². The molecule has 0 aliphatic rings. The lowest BCUT2D eigenvalue weighted by molar-refractivity contribution is 0.0952. The van der Waals surface area contributed by atoms with Gasteiger partial charge in [-0.05, 0) is 50.6 Å². The molecule has 0 fully saturated rings. The molecule has 7 nitrogen and oxygen atoms in total. The molecular weight excluding hydrogens is 400 g/mol. The molecule has 2 N–H and O–H groups in total. The quantitative estimate of drug-likeness (QED) is 0.521. The lowest BCUT2D eigenvalue weighted by Gasteiger charge is -2.10. The van der Waals surface area contributed by atoms with Crippen LogP contribution in [0.4, 0.5) is 5.69 Å². The van der Waals surface area contributed by atoms with Crippen molar-refractivity contribution in [2.24, 2.45) is 0 Å². The SMILES string of the molecule is CCCNC(=O)c1cccc(NC(=O)c2cccnc2SCc2c(C)noc2C)c1. The zero-order chi connectivity index (χ0) is 21.5. The van der Waals surface area contributed by atoms with E-state index in [-0.39, 0.29) is 11.8 Å². The van der Waals surface area contributed by atoms with Crippen LogP contribution in [0.1, 0.15) is 51.1 Å². The molecule has 0 bridgehead atoms. The number of carbonyl (C=O) groups excluding carboxylic acids is 2. The van der Waals surface area contributed by atoms with Gasteiger partial charge in [-0.3, -0.25) is 9.59 Å². The van der Waals surface area contributed by atoms with Gasteiger partial charge in [0.2, 0.25) is 0 Å². The number of rotatable bonds is 8. The van der Waals surface area contributed by atoms with E-state index in [2.05, 4.69) is 20.8 Å². The fourth-order valence-electron chi connectivity index (χ4n) is 2.80. The van der Waals surface area contributed by atoms with E-state index in [1.165, 1.54) is 11.8 Å². The van der Waals surface area contributed by atoms with Crippen molar-refractivity contribution in [3.63, 3.8) is 0 Å². The number of nitrogens with one attached hydrogen (secondary N) is 2. The molecule has 0 atom stereocenters. The van der Waals surface area contributed by atoms with Crippen LogP contribution in [0.3, 0.4) is 0 Å². The van der Waals surface area contributed by atoms with Crippen LogP contribution >= 0.6 is 11.8 Å². The van der Waals surface area contributed by atoms with Gasteiger partial charge in [-0.1, -0.05) is 18.1 Å². The van der Waals surface area contributed by atoms with E-state index in [0.29, 0.717) is 34.1 Å². The zero-order valence-corrected chi connectivity index (χ0v) is 18.0. The van der Waals surface area contributed by atoms with Gasteiger partial charge in [-0.25, -0.2) is 4.98 Å². The van der Waals surface area contributed by atoms with Gasteiger partial charge in [0.25, 0.3) is 11.8 Å². The van der Waals surface area contributed by atoms with Gasteiger partial charge >= 0.3 is 0 Å². The Morgan fingerprint density at radius 1 is 1.13 bits per heavy atom. The van der Waals surface area contributed by atoms with Gasteiger partial charge in [-0.15, -0.1) is 11.8 Å². The average molecular weight is 425 g/mol. The minimum absolute atomic E-state index is 0.162. The van der Waals surface area contributed by atoms with Gasteiger partial charge in [-0.2, -0.15) is 0 Å². The summed E-state index contributed by atoms with van der Waals surface area (Å²) in [6.07, 6.45) is 2.52. The Bertz CT molecular complexity index is 1030. The van der Waals surface area contributed by atoms with Gasteiger partial charge < -0.3 is 15.2 Å². The van der Waals surface area contributed by atoms with Crippen LogP contribution in [0.5, 0.6) is 0 Å². The molecule has 0 aliphatic carbocycles. The second kappa shape index (κ2) is 10.1. The van der Waals surface area contributed by atoms with Crippen LogP contribution in [0.2, 0.25) is 0 Å². The number of thioether (sulfide) groups is 1. The maximum Gasteiger partial charge on any atom is 0.258 e. The fraction of sp³-hybridized carbons (Fsp3) is 0.273. The van der Waals surface area contributed by atoms with Gasteiger partial charge in [0, 0.05) is 35.3 Å². The van der Waals surface area contributed by atoms with Crippen molar-refractivity contribution in [2.45, 2.75) is 38.0 Å². The first-order chi connectivity index (χ1) is 14.5. The molecule has 2 aromatic heterocycles. The Hall–Kier alpha value is -3.13. The summed E-state index contributed by atoms with van der Waals surface area (Å²) >= 11 is 1.45. The molecule has 0 radical (unpaired) electrons. The van der Waals surface area contributed by atoms with Gasteiger partial charge in [0.05, 0.1) is 11.3 Å². The Morgan fingerprint density at radius 2 is 1.97 bits per heavy atom. The molecule has 156 valence electrons. The van der Waals surface area contributed by atoms with E-state index in [4.69, 9.17) is 4.52 Å². The van der Waals surface area contributed by atoms with E-state index in [0.717, 1.165) is 23.4 Å². The van der Waals surface area contributed by atoms with Crippen LogP contribution in [0, 0.1) is 13.8 Å². The molecule has 0 saturated carbocycles. The van der Waals surface area contributed by atoms with Crippen LogP contribution in [-0.4, -0.2) is 28.5 Å². The summed E-state index contributed by atoms with van der Waals surface area (Å²) in [7, 11) is 0. The van der Waals surface area contributed by atoms with Gasteiger partial charge in [0.15, 0.2) is 0 Å². The first kappa shape index (κ1) is 21.6. The molecule has 2 heterocycles. The number of anilines is 1. The third-order valence-electron chi connectivity index (χ3n) is 4.47. The highest BCUT2D eigenvalue weighted by Gasteiger charge is 2.16. The van der Waals surface area contributed by atoms with Crippen LogP contribution in [0.15, 0.2) is 52.1 Å². The van der Waals surface area contributed by atoms with Crippen molar-refractivity contribution < 1.29 is 14.1 Å². The summed E-state index contributed by atoms with van der Waals surface area (Å²) in [6.45, 7) is 6.36. The summed E-state index contributed by atoms with van der Waals surface area (Å²) in [6, 6.07) is 10.3. The van der Waals surface area contributed by atoms with Crippen molar-refractivity contribution in [3.8, 4) is 0 Å². The molecule has 0 aliphatic heterocycles. The highest BCUT2D eigenvalue weighted by molar-refractivity contribution is 7.98. The summed E-state index contributed by atoms with van der Waals surface area (Å²) in [5.74, 6) is 0.923. The summed E-state index contributed by atoms with van der Waals surface area (Å²) in [4.78, 5) is 29.4. The van der Waals surface area contributed by atoms with E-state index in [9.17, 15) is 9.59 Å². The second-order valence-electron chi connectivity index (χ2n) is 6.74. The molecule has 8 heteroatoms. The molecule has 3 aromatic rings. The first-order valence-corrected chi connectivity index (χ1v) is 10.7. The zero-order valence-electron chi connectivity index (χ0n) is 17.2. The molecule has 1 aromatic carbocycles. The van der Waals surface area contributed by atoms with E-state index in [1.54, 1.807) is 42.6 Å². The number of benzene rings is 1. The fourth-order valence-corrected chi connectivity index (χ4v) is 3.95. The Kier molecular flexibility index (Phi) is 7.24. The Balaban J connectivity index is 1.73. The molecule has 0 saturated heterocycles. The number of aryl methyl sites for hydroxylation is 2. The highest BCUT2D eigenvalue weighted by atomic mass is 32.2. The Morgan fingerprint density at radius 3 is 2.70 bits per heavy atom. The predicted octanol–water partition coefficient (Wildman–Crippen LogP) is 4.37. The first-order valence-electron chi connectivity index (χ1n) is 9.68. The maximum absolute atomic E-state index is 12.9. The van der Waals surface area contributed by atoms with E-state index >= 15 is 0 Å². The molecule has 0 unspecified atom stereocenters. The third-order valence-corrected chi connectivity index (χ3v) is 5.50. The van der Waals surface area contributed by atoms with Crippen molar-refractivity contribution in [2.75, 3.05) is 11.9 Å². The molecule has 0 spiro atoms. The summed E-state index contributed by atoms with van der Waals surface area (Å²) in [5, 5.41) is 10.3. The maximum atomic E-state index is 12.9. The number of aromatic nitrogens is 2. The minimum Gasteiger partial charge on any atom is -0.361 e. The standard InChI is InChI=1S/C22H24N4O3S/c1-4-10-23-20(27)16-7-5-8-17(12-16)25-21(28)18-9-6-11-24-22(18)30-13-19-14(2)26-29-15(19)3/h5-9,11-12H,4,10,13H2,1-3H3,(H,23,27)(H,25,28). The average Bonchev–Trinajstić information content (AvgIpc) is 3.08. The third kappa shape index (κ3) is 5.27. The summed E-state index contributed by atoms with van der Waals surface area (Å²) < 4.78 is 5.20. The highest BCUT2D eigenvalue weighted by Crippen LogP contribution is 2.27. The second-order valence-corrected chi connectivity index (χ2v) is 7.70. The smallest absolute Gasteiger partial charge is 0.258 e. The van der Waals surface area contributed by atoms with E-state index < -0.39 is 0 Å². The predicted molar refractivity (Wildman–Crippen MR) is 117 cm³/mol. The monoisotopic (exact) mass is 424 g/mol. The van der Waals surface area contributed by atoms with Crippen LogP contribution < -0.4 is 10.6 Å². The topological polar surface area (TPSA) is 97.1 Å². The summed E-state index contributed by atoms with van der Waals surface area (Å²) in [5.41, 5.74) is 3.35.